The van der Waals surface area contributed by atoms with Crippen molar-refractivity contribution >= 4 is 23.2 Å². The topological polar surface area (TPSA) is 80.2 Å². The zero-order valence-corrected chi connectivity index (χ0v) is 19.2. The van der Waals surface area contributed by atoms with Crippen LogP contribution in [0.15, 0.2) is 47.6 Å². The second-order valence-corrected chi connectivity index (χ2v) is 7.81. The summed E-state index contributed by atoms with van der Waals surface area (Å²) < 4.78 is 10.8. The van der Waals surface area contributed by atoms with Crippen molar-refractivity contribution in [2.75, 3.05) is 19.5 Å². The Balaban J connectivity index is 1.82. The summed E-state index contributed by atoms with van der Waals surface area (Å²) in [6.45, 7) is 4.41. The molecule has 0 aliphatic carbocycles. The lowest BCUT2D eigenvalue weighted by atomic mass is 9.89. The number of hydrogen-bond acceptors (Lipinski definition) is 5. The zero-order chi connectivity index (χ0) is 23.1. The van der Waals surface area contributed by atoms with Crippen molar-refractivity contribution in [3.05, 3.63) is 53.6 Å². The van der Waals surface area contributed by atoms with Crippen LogP contribution in [0.5, 0.6) is 11.5 Å². The first-order valence-corrected chi connectivity index (χ1v) is 11.0. The highest BCUT2D eigenvalue weighted by atomic mass is 16.5. The molecule has 2 aromatic carbocycles. The minimum Gasteiger partial charge on any atom is -0.493 e. The van der Waals surface area contributed by atoms with Gasteiger partial charge in [0.05, 0.1) is 26.5 Å². The molecular weight excluding hydrogens is 406 g/mol. The van der Waals surface area contributed by atoms with Crippen LogP contribution in [0.4, 0.5) is 5.69 Å². The molecule has 0 spiro atoms. The summed E-state index contributed by atoms with van der Waals surface area (Å²) in [5.74, 6) is 1.34. The van der Waals surface area contributed by atoms with Gasteiger partial charge in [0.2, 0.25) is 11.8 Å². The van der Waals surface area contributed by atoms with Crippen molar-refractivity contribution in [1.29, 1.82) is 0 Å². The number of carbonyl (C=O) groups excluding carboxylic acids is 2. The van der Waals surface area contributed by atoms with Gasteiger partial charge in [0, 0.05) is 30.0 Å². The molecule has 3 rings (SSSR count). The van der Waals surface area contributed by atoms with Gasteiger partial charge in [-0.1, -0.05) is 26.0 Å². The first-order chi connectivity index (χ1) is 15.5. The van der Waals surface area contributed by atoms with Crippen molar-refractivity contribution in [2.45, 2.75) is 46.1 Å². The first kappa shape index (κ1) is 23.3. The Morgan fingerprint density at radius 1 is 1.09 bits per heavy atom. The molecule has 1 aliphatic rings. The van der Waals surface area contributed by atoms with Crippen LogP contribution >= 0.6 is 0 Å². The lowest BCUT2D eigenvalue weighted by molar-refractivity contribution is -0.133. The van der Waals surface area contributed by atoms with E-state index in [1.807, 2.05) is 49.4 Å². The third-order valence-electron chi connectivity index (χ3n) is 5.54. The van der Waals surface area contributed by atoms with Gasteiger partial charge >= 0.3 is 0 Å². The molecule has 0 saturated heterocycles. The van der Waals surface area contributed by atoms with Crippen LogP contribution in [0, 0.1) is 5.92 Å². The predicted octanol–water partition coefficient (Wildman–Crippen LogP) is 4.61. The molecule has 0 radical (unpaired) electrons. The average Bonchev–Trinajstić information content (AvgIpc) is 2.81. The number of rotatable bonds is 9. The molecule has 2 aromatic rings. The van der Waals surface area contributed by atoms with Crippen LogP contribution in [0.2, 0.25) is 0 Å². The van der Waals surface area contributed by atoms with Crippen LogP contribution in [0.25, 0.3) is 0 Å². The number of nitrogens with zero attached hydrogens (tertiary/aromatic N) is 2. The second kappa shape index (κ2) is 10.8. The maximum atomic E-state index is 12.8. The molecule has 1 N–H and O–H groups in total. The Labute approximate surface area is 189 Å². The van der Waals surface area contributed by atoms with Gasteiger partial charge < -0.3 is 14.8 Å². The Morgan fingerprint density at radius 3 is 2.44 bits per heavy atom. The van der Waals surface area contributed by atoms with Gasteiger partial charge in [0.15, 0.2) is 11.5 Å². The molecule has 0 bridgehead atoms. The van der Waals surface area contributed by atoms with Crippen molar-refractivity contribution in [3.8, 4) is 11.5 Å². The molecule has 0 aromatic heterocycles. The summed E-state index contributed by atoms with van der Waals surface area (Å²) in [6.07, 6.45) is 2.53. The van der Waals surface area contributed by atoms with Crippen molar-refractivity contribution < 1.29 is 19.1 Å². The van der Waals surface area contributed by atoms with Gasteiger partial charge in [0.25, 0.3) is 0 Å². The summed E-state index contributed by atoms with van der Waals surface area (Å²) in [7, 11) is 3.21. The molecule has 0 saturated carbocycles. The van der Waals surface area contributed by atoms with E-state index in [4.69, 9.17) is 14.6 Å². The van der Waals surface area contributed by atoms with E-state index in [1.54, 1.807) is 14.2 Å². The minimum atomic E-state index is 0.00114. The summed E-state index contributed by atoms with van der Waals surface area (Å²) >= 11 is 0. The third-order valence-corrected chi connectivity index (χ3v) is 5.54. The number of methoxy groups -OCH3 is 2. The van der Waals surface area contributed by atoms with Crippen LogP contribution < -0.4 is 14.8 Å². The molecule has 1 aliphatic heterocycles. The largest absolute Gasteiger partial charge is 0.493 e. The predicted molar refractivity (Wildman–Crippen MR) is 125 cm³/mol. The SMILES string of the molecule is CCCC(=O)Nc1ccc(CN2N=C(c3ccc(OC)c(OC)c3)C(CC)CC2=O)cc1. The van der Waals surface area contributed by atoms with E-state index in [0.717, 1.165) is 35.4 Å². The van der Waals surface area contributed by atoms with E-state index in [2.05, 4.69) is 12.2 Å². The molecule has 0 fully saturated rings. The van der Waals surface area contributed by atoms with Gasteiger partial charge in [-0.2, -0.15) is 5.10 Å². The fourth-order valence-electron chi connectivity index (χ4n) is 3.75. The molecule has 1 atom stereocenters. The maximum Gasteiger partial charge on any atom is 0.243 e. The molecular formula is C25H31N3O4. The van der Waals surface area contributed by atoms with Crippen LogP contribution in [0.3, 0.4) is 0 Å². The van der Waals surface area contributed by atoms with Crippen molar-refractivity contribution in [2.24, 2.45) is 11.0 Å². The maximum absolute atomic E-state index is 12.8. The fourth-order valence-corrected chi connectivity index (χ4v) is 3.75. The molecule has 1 unspecified atom stereocenters. The molecule has 2 amide bonds. The normalized spacial score (nSPS) is 15.9. The number of hydrogen-bond donors (Lipinski definition) is 1. The highest BCUT2D eigenvalue weighted by Gasteiger charge is 2.29. The first-order valence-electron chi connectivity index (χ1n) is 11.0. The van der Waals surface area contributed by atoms with Gasteiger partial charge in [0.1, 0.15) is 0 Å². The minimum absolute atomic E-state index is 0.00114. The van der Waals surface area contributed by atoms with E-state index < -0.39 is 0 Å². The van der Waals surface area contributed by atoms with Crippen LogP contribution in [-0.4, -0.2) is 36.8 Å². The summed E-state index contributed by atoms with van der Waals surface area (Å²) in [5, 5.41) is 9.15. The number of amides is 2. The number of carbonyl (C=O) groups is 2. The molecule has 1 heterocycles. The van der Waals surface area contributed by atoms with Gasteiger partial charge in [-0.15, -0.1) is 0 Å². The molecule has 170 valence electrons. The van der Waals surface area contributed by atoms with Crippen molar-refractivity contribution in [1.82, 2.24) is 5.01 Å². The number of ether oxygens (including phenoxy) is 2. The monoisotopic (exact) mass is 437 g/mol. The molecule has 7 nitrogen and oxygen atoms in total. The van der Waals surface area contributed by atoms with E-state index in [1.165, 1.54) is 5.01 Å². The smallest absolute Gasteiger partial charge is 0.243 e. The Kier molecular flexibility index (Phi) is 7.87. The van der Waals surface area contributed by atoms with Gasteiger partial charge in [-0.25, -0.2) is 5.01 Å². The van der Waals surface area contributed by atoms with E-state index in [0.29, 0.717) is 30.9 Å². The zero-order valence-electron chi connectivity index (χ0n) is 19.2. The summed E-state index contributed by atoms with van der Waals surface area (Å²) in [4.78, 5) is 24.5. The Bertz CT molecular complexity index is 985. The van der Waals surface area contributed by atoms with Crippen LogP contribution in [-0.2, 0) is 16.1 Å². The summed E-state index contributed by atoms with van der Waals surface area (Å²) in [5.41, 5.74) is 3.48. The third kappa shape index (κ3) is 5.46. The lowest BCUT2D eigenvalue weighted by Crippen LogP contribution is -2.36. The molecule has 32 heavy (non-hydrogen) atoms. The number of nitrogens with one attached hydrogen (secondary N) is 1. The lowest BCUT2D eigenvalue weighted by Gasteiger charge is -2.29. The highest BCUT2D eigenvalue weighted by Crippen LogP contribution is 2.31. The number of hydrazone groups is 1. The fraction of sp³-hybridized carbons (Fsp3) is 0.400. The van der Waals surface area contributed by atoms with Gasteiger partial charge in [-0.05, 0) is 48.7 Å². The van der Waals surface area contributed by atoms with Crippen molar-refractivity contribution in [3.63, 3.8) is 0 Å². The quantitative estimate of drug-likeness (QED) is 0.621. The number of anilines is 1. The van der Waals surface area contributed by atoms with E-state index >= 15 is 0 Å². The average molecular weight is 438 g/mol. The van der Waals surface area contributed by atoms with Gasteiger partial charge in [-0.3, -0.25) is 9.59 Å². The molecule has 7 heteroatoms. The van der Waals surface area contributed by atoms with Crippen LogP contribution in [0.1, 0.15) is 50.7 Å². The Morgan fingerprint density at radius 2 is 1.81 bits per heavy atom. The van der Waals surface area contributed by atoms with E-state index in [-0.39, 0.29) is 17.7 Å². The Hall–Kier alpha value is -3.35. The highest BCUT2D eigenvalue weighted by molar-refractivity contribution is 6.06. The second-order valence-electron chi connectivity index (χ2n) is 7.81. The summed E-state index contributed by atoms with van der Waals surface area (Å²) in [6, 6.07) is 13.2. The number of benzene rings is 2. The van der Waals surface area contributed by atoms with E-state index in [9.17, 15) is 9.59 Å². The standard InChI is InChI=1S/C25H31N3O4/c1-5-7-23(29)26-20-11-8-17(9-12-20)16-28-24(30)15-18(6-2)25(27-28)19-10-13-21(31-3)22(14-19)32-4/h8-14,18H,5-7,15-16H2,1-4H3,(H,26,29).